The third kappa shape index (κ3) is 2.49. The number of anilines is 2. The number of nitrogens with one attached hydrogen (secondary N) is 1. The molecular weight excluding hydrogens is 318 g/mol. The summed E-state index contributed by atoms with van der Waals surface area (Å²) < 4.78 is 4.58. The van der Waals surface area contributed by atoms with Crippen molar-refractivity contribution < 1.29 is 14.5 Å². The highest BCUT2D eigenvalue weighted by Gasteiger charge is 2.22. The smallest absolute Gasteiger partial charge is 0.300 e. The number of nitro benzene ring substituents is 2. The molecule has 1 heterocycles. The zero-order valence-corrected chi connectivity index (χ0v) is 12.6. The summed E-state index contributed by atoms with van der Waals surface area (Å²) in [5, 5.41) is 32.4. The molecule has 24 heavy (non-hydrogen) atoms. The molecule has 0 saturated heterocycles. The van der Waals surface area contributed by atoms with E-state index < -0.39 is 9.85 Å². The van der Waals surface area contributed by atoms with E-state index in [1.165, 1.54) is 18.2 Å². The molecule has 1 aromatic heterocycles. The first-order valence-electron chi connectivity index (χ1n) is 6.81. The van der Waals surface area contributed by atoms with E-state index in [0.717, 1.165) is 5.56 Å². The van der Waals surface area contributed by atoms with Crippen LogP contribution < -0.4 is 5.32 Å². The Morgan fingerprint density at radius 3 is 2.33 bits per heavy atom. The SMILES string of the molecule is Cc1cc(C)c(Nc2ccc([N+](=O)[O-])c3nonc23)c([N+](=O)[O-])c1. The molecule has 0 amide bonds. The van der Waals surface area contributed by atoms with Gasteiger partial charge >= 0.3 is 5.69 Å². The predicted octanol–water partition coefficient (Wildman–Crippen LogP) is 3.40. The van der Waals surface area contributed by atoms with Crippen molar-refractivity contribution in [3.63, 3.8) is 0 Å². The fourth-order valence-electron chi connectivity index (χ4n) is 2.49. The highest BCUT2D eigenvalue weighted by molar-refractivity contribution is 5.95. The topological polar surface area (TPSA) is 137 Å². The maximum atomic E-state index is 11.3. The van der Waals surface area contributed by atoms with Gasteiger partial charge in [0, 0.05) is 12.1 Å². The molecule has 1 N–H and O–H groups in total. The Balaban J connectivity index is 2.15. The lowest BCUT2D eigenvalue weighted by atomic mass is 10.1. The van der Waals surface area contributed by atoms with Gasteiger partial charge in [0.05, 0.1) is 15.5 Å². The summed E-state index contributed by atoms with van der Waals surface area (Å²) in [5.74, 6) is 0. The summed E-state index contributed by atoms with van der Waals surface area (Å²) in [6.45, 7) is 3.49. The standard InChI is InChI=1S/C14H11N5O5/c1-7-5-8(2)12(11(6-7)19(22)23)15-9-3-4-10(18(20)21)14-13(9)16-24-17-14/h3-6,15H,1-2H3. The molecule has 10 nitrogen and oxygen atoms in total. The van der Waals surface area contributed by atoms with E-state index in [2.05, 4.69) is 20.3 Å². The van der Waals surface area contributed by atoms with Crippen LogP contribution in [0.5, 0.6) is 0 Å². The molecule has 0 atom stereocenters. The van der Waals surface area contributed by atoms with Crippen molar-refractivity contribution >= 4 is 33.8 Å². The van der Waals surface area contributed by atoms with Crippen LogP contribution in [0, 0.1) is 34.1 Å². The van der Waals surface area contributed by atoms with E-state index in [9.17, 15) is 20.2 Å². The second-order valence-electron chi connectivity index (χ2n) is 5.21. The van der Waals surface area contributed by atoms with E-state index in [0.29, 0.717) is 11.3 Å². The molecule has 0 aliphatic rings. The van der Waals surface area contributed by atoms with Crippen LogP contribution in [0.2, 0.25) is 0 Å². The van der Waals surface area contributed by atoms with Crippen molar-refractivity contribution in [2.45, 2.75) is 13.8 Å². The molecule has 0 fully saturated rings. The van der Waals surface area contributed by atoms with Gasteiger partial charge in [-0.25, -0.2) is 4.63 Å². The molecular formula is C14H11N5O5. The number of benzene rings is 2. The Hall–Kier alpha value is -3.56. The van der Waals surface area contributed by atoms with Gasteiger partial charge in [-0.05, 0) is 41.4 Å². The zero-order valence-electron chi connectivity index (χ0n) is 12.6. The number of aryl methyl sites for hydroxylation is 2. The summed E-state index contributed by atoms with van der Waals surface area (Å²) in [6.07, 6.45) is 0. The van der Waals surface area contributed by atoms with Crippen molar-refractivity contribution in [1.82, 2.24) is 10.3 Å². The van der Waals surface area contributed by atoms with E-state index >= 15 is 0 Å². The monoisotopic (exact) mass is 329 g/mol. The van der Waals surface area contributed by atoms with Gasteiger partial charge < -0.3 is 5.32 Å². The number of hydrogen-bond acceptors (Lipinski definition) is 8. The van der Waals surface area contributed by atoms with Gasteiger partial charge in [-0.15, -0.1) is 0 Å². The highest BCUT2D eigenvalue weighted by atomic mass is 16.6. The first kappa shape index (κ1) is 15.3. The van der Waals surface area contributed by atoms with Gasteiger partial charge in [0.25, 0.3) is 5.69 Å². The minimum atomic E-state index is -0.601. The Morgan fingerprint density at radius 2 is 1.67 bits per heavy atom. The number of non-ortho nitro benzene ring substituents is 1. The van der Waals surface area contributed by atoms with E-state index in [4.69, 9.17) is 0 Å². The summed E-state index contributed by atoms with van der Waals surface area (Å²) in [5.41, 5.74) is 1.75. The molecule has 0 aliphatic carbocycles. The van der Waals surface area contributed by atoms with Crippen molar-refractivity contribution in [3.8, 4) is 0 Å². The molecule has 0 unspecified atom stereocenters. The predicted molar refractivity (Wildman–Crippen MR) is 84.3 cm³/mol. The largest absolute Gasteiger partial charge is 0.348 e. The van der Waals surface area contributed by atoms with Gasteiger partial charge in [-0.2, -0.15) is 0 Å². The Labute approximate surface area is 134 Å². The van der Waals surface area contributed by atoms with Crippen LogP contribution in [0.25, 0.3) is 11.0 Å². The Bertz CT molecular complexity index is 981. The van der Waals surface area contributed by atoms with E-state index in [1.54, 1.807) is 19.9 Å². The van der Waals surface area contributed by atoms with Crippen LogP contribution in [0.4, 0.5) is 22.7 Å². The van der Waals surface area contributed by atoms with Gasteiger partial charge in [0.1, 0.15) is 5.69 Å². The van der Waals surface area contributed by atoms with Gasteiger partial charge in [0.15, 0.2) is 5.52 Å². The summed E-state index contributed by atoms with van der Waals surface area (Å²) >= 11 is 0. The molecule has 0 aliphatic heterocycles. The Morgan fingerprint density at radius 1 is 1.00 bits per heavy atom. The normalized spacial score (nSPS) is 10.8. The summed E-state index contributed by atoms with van der Waals surface area (Å²) in [7, 11) is 0. The Kier molecular flexibility index (Phi) is 3.56. The molecule has 3 rings (SSSR count). The van der Waals surface area contributed by atoms with Crippen molar-refractivity contribution in [1.29, 1.82) is 0 Å². The molecule has 10 heteroatoms. The zero-order chi connectivity index (χ0) is 17.4. The van der Waals surface area contributed by atoms with Crippen LogP contribution in [0.1, 0.15) is 11.1 Å². The maximum absolute atomic E-state index is 11.3. The lowest BCUT2D eigenvalue weighted by Crippen LogP contribution is -2.01. The average molecular weight is 329 g/mol. The lowest BCUT2D eigenvalue weighted by molar-refractivity contribution is -0.384. The quantitative estimate of drug-likeness (QED) is 0.567. The van der Waals surface area contributed by atoms with Crippen molar-refractivity contribution in [2.24, 2.45) is 0 Å². The number of aromatic nitrogens is 2. The van der Waals surface area contributed by atoms with Gasteiger partial charge in [-0.3, -0.25) is 20.2 Å². The second kappa shape index (κ2) is 5.57. The number of nitro groups is 2. The molecule has 0 radical (unpaired) electrons. The molecule has 0 spiro atoms. The lowest BCUT2D eigenvalue weighted by Gasteiger charge is -2.11. The number of hydrogen-bond donors (Lipinski definition) is 1. The second-order valence-corrected chi connectivity index (χ2v) is 5.21. The average Bonchev–Trinajstić information content (AvgIpc) is 2.98. The maximum Gasteiger partial charge on any atom is 0.300 e. The summed E-state index contributed by atoms with van der Waals surface area (Å²) in [6, 6.07) is 5.88. The molecule has 3 aromatic rings. The van der Waals surface area contributed by atoms with Crippen LogP contribution in [-0.2, 0) is 0 Å². The number of nitrogens with zero attached hydrogens (tertiary/aromatic N) is 4. The van der Waals surface area contributed by atoms with Crippen molar-refractivity contribution in [2.75, 3.05) is 5.32 Å². The molecule has 0 saturated carbocycles. The number of rotatable bonds is 4. The minimum absolute atomic E-state index is 0.0302. The van der Waals surface area contributed by atoms with Crippen LogP contribution in [0.15, 0.2) is 28.9 Å². The van der Waals surface area contributed by atoms with Crippen molar-refractivity contribution in [3.05, 3.63) is 55.6 Å². The fraction of sp³-hybridized carbons (Fsp3) is 0.143. The number of fused-ring (bicyclic) bond motifs is 1. The van der Waals surface area contributed by atoms with Crippen LogP contribution >= 0.6 is 0 Å². The van der Waals surface area contributed by atoms with Crippen LogP contribution in [-0.4, -0.2) is 20.2 Å². The minimum Gasteiger partial charge on any atom is -0.348 e. The molecule has 0 bridgehead atoms. The third-order valence-corrected chi connectivity index (χ3v) is 3.51. The van der Waals surface area contributed by atoms with Gasteiger partial charge in [0.2, 0.25) is 5.52 Å². The van der Waals surface area contributed by atoms with Gasteiger partial charge in [-0.1, -0.05) is 6.07 Å². The van der Waals surface area contributed by atoms with E-state index in [1.807, 2.05) is 0 Å². The third-order valence-electron chi connectivity index (χ3n) is 3.51. The first-order chi connectivity index (χ1) is 11.4. The molecule has 2 aromatic carbocycles. The summed E-state index contributed by atoms with van der Waals surface area (Å²) in [4.78, 5) is 21.2. The van der Waals surface area contributed by atoms with Crippen LogP contribution in [0.3, 0.4) is 0 Å². The molecule has 122 valence electrons. The van der Waals surface area contributed by atoms with E-state index in [-0.39, 0.29) is 28.1 Å². The fourth-order valence-corrected chi connectivity index (χ4v) is 2.49. The first-order valence-corrected chi connectivity index (χ1v) is 6.81. The highest BCUT2D eigenvalue weighted by Crippen LogP contribution is 2.36.